The van der Waals surface area contributed by atoms with Crippen molar-refractivity contribution in [3.63, 3.8) is 0 Å². The van der Waals surface area contributed by atoms with Crippen LogP contribution in [0.5, 0.6) is 11.5 Å². The molecule has 4 N–H and O–H groups in total. The normalized spacial score (nSPS) is 18.8. The molecule has 11 heteroatoms. The van der Waals surface area contributed by atoms with E-state index < -0.39 is 29.6 Å². The van der Waals surface area contributed by atoms with Gasteiger partial charge in [-0.1, -0.05) is 54.6 Å². The quantitative estimate of drug-likeness (QED) is 0.227. The maximum Gasteiger partial charge on any atom is 0.280 e. The number of H-pyrrole nitrogens is 1. The standard InChI is InChI=1S/C31H31N5O6/c1-39-22-12-8-20(9-13-22)31(19-6-4-3-5-7-19,21-10-14-23(40-2)15-11-21)41-17-25-24(37)16-26(42-25)36-18-33-27-28(36)34-30(32)35-29(27)38/h3-15,18,24-26,37H,16-17H2,1-2H3,(H3,32,34,35,38). The highest BCUT2D eigenvalue weighted by Gasteiger charge is 2.42. The lowest BCUT2D eigenvalue weighted by Crippen LogP contribution is -2.38. The predicted molar refractivity (Wildman–Crippen MR) is 155 cm³/mol. The van der Waals surface area contributed by atoms with Gasteiger partial charge in [-0.25, -0.2) is 4.98 Å². The molecule has 6 rings (SSSR count). The summed E-state index contributed by atoms with van der Waals surface area (Å²) < 4.78 is 25.6. The van der Waals surface area contributed by atoms with Crippen LogP contribution in [0.25, 0.3) is 11.2 Å². The van der Waals surface area contributed by atoms with Gasteiger partial charge in [-0.2, -0.15) is 4.98 Å². The molecule has 1 fully saturated rings. The minimum Gasteiger partial charge on any atom is -0.497 e. The number of aliphatic hydroxyl groups is 1. The fourth-order valence-corrected chi connectivity index (χ4v) is 5.47. The van der Waals surface area contributed by atoms with Gasteiger partial charge in [0, 0.05) is 6.42 Å². The second kappa shape index (κ2) is 11.3. The SMILES string of the molecule is COc1ccc(C(OCC2OC(n3cnc4c(=O)[nH]c(N)nc43)CC2O)(c2ccccc2)c2ccc(OC)cc2)cc1. The number of aromatic nitrogens is 4. The molecule has 2 aromatic heterocycles. The first-order valence-electron chi connectivity index (χ1n) is 13.5. The Labute approximate surface area is 241 Å². The molecule has 3 unspecified atom stereocenters. The van der Waals surface area contributed by atoms with E-state index in [4.69, 9.17) is 24.7 Å². The van der Waals surface area contributed by atoms with Crippen molar-refractivity contribution in [2.24, 2.45) is 0 Å². The molecule has 0 bridgehead atoms. The molecule has 0 saturated carbocycles. The van der Waals surface area contributed by atoms with E-state index in [2.05, 4.69) is 15.0 Å². The summed E-state index contributed by atoms with van der Waals surface area (Å²) in [5, 5.41) is 11.1. The summed E-state index contributed by atoms with van der Waals surface area (Å²) in [6.07, 6.45) is -0.452. The van der Waals surface area contributed by atoms with Gasteiger partial charge >= 0.3 is 0 Å². The zero-order chi connectivity index (χ0) is 29.3. The van der Waals surface area contributed by atoms with Gasteiger partial charge in [0.25, 0.3) is 5.56 Å². The van der Waals surface area contributed by atoms with Crippen LogP contribution in [0, 0.1) is 0 Å². The first kappa shape index (κ1) is 27.5. The second-order valence-corrected chi connectivity index (χ2v) is 10.0. The van der Waals surface area contributed by atoms with Crippen molar-refractivity contribution in [3.8, 4) is 11.5 Å². The molecule has 0 radical (unpaired) electrons. The minimum atomic E-state index is -1.06. The Balaban J connectivity index is 1.37. The number of hydrogen-bond acceptors (Lipinski definition) is 9. The van der Waals surface area contributed by atoms with Crippen molar-refractivity contribution < 1.29 is 24.1 Å². The summed E-state index contributed by atoms with van der Waals surface area (Å²) in [7, 11) is 3.25. The van der Waals surface area contributed by atoms with Gasteiger partial charge < -0.3 is 29.8 Å². The average molecular weight is 570 g/mol. The summed E-state index contributed by atoms with van der Waals surface area (Å²) in [4.78, 5) is 23.1. The number of rotatable bonds is 9. The monoisotopic (exact) mass is 569 g/mol. The highest BCUT2D eigenvalue weighted by atomic mass is 16.6. The number of hydrogen-bond donors (Lipinski definition) is 3. The molecular formula is C31H31N5O6. The minimum absolute atomic E-state index is 0.0284. The molecular weight excluding hydrogens is 538 g/mol. The predicted octanol–water partition coefficient (Wildman–Crippen LogP) is 3.38. The average Bonchev–Trinajstić information content (AvgIpc) is 3.61. The third kappa shape index (κ3) is 4.87. The van der Waals surface area contributed by atoms with Crippen molar-refractivity contribution >= 4 is 17.1 Å². The number of benzene rings is 3. The van der Waals surface area contributed by atoms with Crippen LogP contribution in [0.4, 0.5) is 5.95 Å². The first-order chi connectivity index (χ1) is 20.4. The van der Waals surface area contributed by atoms with Gasteiger partial charge in [0.2, 0.25) is 5.95 Å². The Morgan fingerprint density at radius 1 is 0.976 bits per heavy atom. The molecule has 3 heterocycles. The fraction of sp³-hybridized carbons (Fsp3) is 0.258. The van der Waals surface area contributed by atoms with Crippen LogP contribution in [-0.4, -0.2) is 57.7 Å². The van der Waals surface area contributed by atoms with E-state index >= 15 is 0 Å². The summed E-state index contributed by atoms with van der Waals surface area (Å²) in [5.41, 5.74) is 7.31. The van der Waals surface area contributed by atoms with E-state index in [1.54, 1.807) is 18.8 Å². The maximum atomic E-state index is 12.3. The summed E-state index contributed by atoms with van der Waals surface area (Å²) in [6, 6.07) is 25.3. The third-order valence-electron chi connectivity index (χ3n) is 7.60. The third-order valence-corrected chi connectivity index (χ3v) is 7.60. The van der Waals surface area contributed by atoms with E-state index in [0.29, 0.717) is 11.5 Å². The number of aliphatic hydroxyl groups excluding tert-OH is 1. The number of nitrogen functional groups attached to an aromatic ring is 1. The van der Waals surface area contributed by atoms with Gasteiger partial charge in [0.05, 0.1) is 33.3 Å². The zero-order valence-electron chi connectivity index (χ0n) is 23.1. The molecule has 216 valence electrons. The van der Waals surface area contributed by atoms with Crippen molar-refractivity contribution in [2.45, 2.75) is 30.5 Å². The van der Waals surface area contributed by atoms with E-state index in [9.17, 15) is 9.90 Å². The number of nitrogens with two attached hydrogens (primary N) is 1. The lowest BCUT2D eigenvalue weighted by Gasteiger charge is -2.37. The van der Waals surface area contributed by atoms with Gasteiger partial charge in [0.15, 0.2) is 11.2 Å². The summed E-state index contributed by atoms with van der Waals surface area (Å²) in [5.74, 6) is 1.40. The number of anilines is 1. The molecule has 0 spiro atoms. The highest BCUT2D eigenvalue weighted by Crippen LogP contribution is 2.43. The highest BCUT2D eigenvalue weighted by molar-refractivity contribution is 5.70. The molecule has 5 aromatic rings. The Morgan fingerprint density at radius 3 is 2.17 bits per heavy atom. The van der Waals surface area contributed by atoms with Crippen LogP contribution in [0.1, 0.15) is 29.3 Å². The van der Waals surface area contributed by atoms with Crippen LogP contribution in [0.2, 0.25) is 0 Å². The molecule has 3 atom stereocenters. The van der Waals surface area contributed by atoms with Crippen LogP contribution in [-0.2, 0) is 15.1 Å². The van der Waals surface area contributed by atoms with E-state index in [0.717, 1.165) is 16.7 Å². The Bertz CT molecular complexity index is 1670. The molecule has 0 amide bonds. The molecule has 3 aromatic carbocycles. The van der Waals surface area contributed by atoms with Crippen LogP contribution < -0.4 is 20.8 Å². The molecule has 42 heavy (non-hydrogen) atoms. The smallest absolute Gasteiger partial charge is 0.280 e. The summed E-state index contributed by atoms with van der Waals surface area (Å²) in [6.45, 7) is 0.0490. The molecule has 1 aliphatic rings. The lowest BCUT2D eigenvalue weighted by atomic mass is 9.80. The topological polar surface area (TPSA) is 147 Å². The number of ether oxygens (including phenoxy) is 4. The number of fused-ring (bicyclic) bond motifs is 1. The van der Waals surface area contributed by atoms with Gasteiger partial charge in [-0.3, -0.25) is 14.3 Å². The van der Waals surface area contributed by atoms with Crippen LogP contribution >= 0.6 is 0 Å². The maximum absolute atomic E-state index is 12.3. The summed E-state index contributed by atoms with van der Waals surface area (Å²) >= 11 is 0. The first-order valence-corrected chi connectivity index (χ1v) is 13.5. The number of nitrogens with one attached hydrogen (secondary N) is 1. The largest absolute Gasteiger partial charge is 0.497 e. The van der Waals surface area contributed by atoms with E-state index in [1.807, 2.05) is 78.9 Å². The van der Waals surface area contributed by atoms with Crippen LogP contribution in [0.3, 0.4) is 0 Å². The lowest BCUT2D eigenvalue weighted by molar-refractivity contribution is -0.0931. The number of nitrogens with zero attached hydrogens (tertiary/aromatic N) is 3. The molecule has 0 aliphatic carbocycles. The Hall–Kier alpha value is -4.71. The van der Waals surface area contributed by atoms with Crippen LogP contribution in [0.15, 0.2) is 90.0 Å². The van der Waals surface area contributed by atoms with Crippen molar-refractivity contribution in [1.82, 2.24) is 19.5 Å². The zero-order valence-corrected chi connectivity index (χ0v) is 23.1. The Morgan fingerprint density at radius 2 is 1.57 bits per heavy atom. The molecule has 11 nitrogen and oxygen atoms in total. The fourth-order valence-electron chi connectivity index (χ4n) is 5.47. The van der Waals surface area contributed by atoms with Gasteiger partial charge in [0.1, 0.15) is 29.4 Å². The van der Waals surface area contributed by atoms with Crippen molar-refractivity contribution in [2.75, 3.05) is 26.6 Å². The van der Waals surface area contributed by atoms with Crippen molar-refractivity contribution in [1.29, 1.82) is 0 Å². The van der Waals surface area contributed by atoms with Gasteiger partial charge in [-0.15, -0.1) is 0 Å². The molecule has 1 saturated heterocycles. The van der Waals surface area contributed by atoms with Gasteiger partial charge in [-0.05, 0) is 41.0 Å². The second-order valence-electron chi connectivity index (χ2n) is 10.0. The van der Waals surface area contributed by atoms with Crippen molar-refractivity contribution in [3.05, 3.63) is 112 Å². The Kier molecular flexibility index (Phi) is 7.38. The number of methoxy groups -OCH3 is 2. The van der Waals surface area contributed by atoms with E-state index in [1.165, 1.54) is 6.33 Å². The van der Waals surface area contributed by atoms with E-state index in [-0.39, 0.29) is 30.1 Å². The number of aromatic amines is 1. The molecule has 1 aliphatic heterocycles. The number of imidazole rings is 1.